The van der Waals surface area contributed by atoms with Crippen molar-refractivity contribution in [2.75, 3.05) is 11.9 Å². The molecular weight excluding hydrogens is 232 g/mol. The SMILES string of the molecule is CCCCC(CN)Nc1cc(C)c([N+](=O)[O-])cn1. The first kappa shape index (κ1) is 14.4. The fraction of sp³-hybridized carbons (Fsp3) is 0.583. The Morgan fingerprint density at radius 3 is 2.83 bits per heavy atom. The molecule has 0 amide bonds. The molecule has 0 saturated heterocycles. The average Bonchev–Trinajstić information content (AvgIpc) is 2.34. The number of nitro groups is 1. The summed E-state index contributed by atoms with van der Waals surface area (Å²) >= 11 is 0. The van der Waals surface area contributed by atoms with E-state index in [0.717, 1.165) is 19.3 Å². The molecule has 0 aliphatic rings. The molecule has 0 radical (unpaired) electrons. The first-order valence-electron chi connectivity index (χ1n) is 6.16. The second-order valence-corrected chi connectivity index (χ2v) is 4.33. The van der Waals surface area contributed by atoms with Gasteiger partial charge < -0.3 is 11.1 Å². The van der Waals surface area contributed by atoms with E-state index in [0.29, 0.717) is 17.9 Å². The maximum Gasteiger partial charge on any atom is 0.290 e. The van der Waals surface area contributed by atoms with Gasteiger partial charge in [0.15, 0.2) is 0 Å². The van der Waals surface area contributed by atoms with Crippen molar-refractivity contribution in [3.05, 3.63) is 27.9 Å². The summed E-state index contributed by atoms with van der Waals surface area (Å²) < 4.78 is 0. The molecule has 0 bridgehead atoms. The van der Waals surface area contributed by atoms with E-state index >= 15 is 0 Å². The predicted molar refractivity (Wildman–Crippen MR) is 71.6 cm³/mol. The van der Waals surface area contributed by atoms with Crippen molar-refractivity contribution >= 4 is 11.5 Å². The van der Waals surface area contributed by atoms with Crippen LogP contribution in [0.25, 0.3) is 0 Å². The van der Waals surface area contributed by atoms with Crippen molar-refractivity contribution < 1.29 is 4.92 Å². The molecule has 6 heteroatoms. The van der Waals surface area contributed by atoms with Crippen molar-refractivity contribution in [1.82, 2.24) is 4.98 Å². The second-order valence-electron chi connectivity index (χ2n) is 4.33. The highest BCUT2D eigenvalue weighted by Gasteiger charge is 2.13. The van der Waals surface area contributed by atoms with Gasteiger partial charge in [-0.15, -0.1) is 0 Å². The highest BCUT2D eigenvalue weighted by atomic mass is 16.6. The highest BCUT2D eigenvalue weighted by Crippen LogP contribution is 2.19. The summed E-state index contributed by atoms with van der Waals surface area (Å²) in [4.78, 5) is 14.3. The van der Waals surface area contributed by atoms with Crippen LogP contribution in [-0.2, 0) is 0 Å². The summed E-state index contributed by atoms with van der Waals surface area (Å²) in [5.41, 5.74) is 6.32. The van der Waals surface area contributed by atoms with Crippen LogP contribution in [0.3, 0.4) is 0 Å². The monoisotopic (exact) mass is 252 g/mol. The number of pyridine rings is 1. The Morgan fingerprint density at radius 1 is 1.61 bits per heavy atom. The highest BCUT2D eigenvalue weighted by molar-refractivity contribution is 5.47. The number of hydrogen-bond donors (Lipinski definition) is 2. The van der Waals surface area contributed by atoms with Crippen LogP contribution in [0.5, 0.6) is 0 Å². The van der Waals surface area contributed by atoms with Crippen molar-refractivity contribution in [3.8, 4) is 0 Å². The molecule has 3 N–H and O–H groups in total. The van der Waals surface area contributed by atoms with Gasteiger partial charge in [-0.25, -0.2) is 4.98 Å². The molecular formula is C12H20N4O2. The summed E-state index contributed by atoms with van der Waals surface area (Å²) in [6, 6.07) is 1.85. The summed E-state index contributed by atoms with van der Waals surface area (Å²) in [5.74, 6) is 0.643. The lowest BCUT2D eigenvalue weighted by atomic mass is 10.1. The molecule has 1 rings (SSSR count). The van der Waals surface area contributed by atoms with E-state index in [-0.39, 0.29) is 11.7 Å². The molecule has 100 valence electrons. The summed E-state index contributed by atoms with van der Waals surface area (Å²) in [7, 11) is 0. The Labute approximate surface area is 107 Å². The van der Waals surface area contributed by atoms with Crippen LogP contribution >= 0.6 is 0 Å². The largest absolute Gasteiger partial charge is 0.366 e. The number of hydrogen-bond acceptors (Lipinski definition) is 5. The zero-order valence-corrected chi connectivity index (χ0v) is 10.8. The quantitative estimate of drug-likeness (QED) is 0.573. The number of unbranched alkanes of at least 4 members (excludes halogenated alkanes) is 1. The molecule has 1 aromatic heterocycles. The molecule has 0 saturated carbocycles. The molecule has 0 aliphatic heterocycles. The number of nitrogens with zero attached hydrogens (tertiary/aromatic N) is 2. The number of rotatable bonds is 7. The van der Waals surface area contributed by atoms with Crippen molar-refractivity contribution in [2.24, 2.45) is 5.73 Å². The van der Waals surface area contributed by atoms with Crippen LogP contribution in [0.1, 0.15) is 31.7 Å². The standard InChI is InChI=1S/C12H20N4O2/c1-3-4-5-10(7-13)15-12-6-9(2)11(8-14-12)16(17)18/h6,8,10H,3-5,7,13H2,1-2H3,(H,14,15). The average molecular weight is 252 g/mol. The topological polar surface area (TPSA) is 94.1 Å². The van der Waals surface area contributed by atoms with Crippen LogP contribution in [0.4, 0.5) is 11.5 Å². The molecule has 18 heavy (non-hydrogen) atoms. The van der Waals surface area contributed by atoms with Gasteiger partial charge in [0.25, 0.3) is 5.69 Å². The maximum absolute atomic E-state index is 10.7. The van der Waals surface area contributed by atoms with Gasteiger partial charge >= 0.3 is 0 Å². The Bertz CT molecular complexity index is 409. The normalized spacial score (nSPS) is 12.2. The van der Waals surface area contributed by atoms with E-state index < -0.39 is 4.92 Å². The van der Waals surface area contributed by atoms with Gasteiger partial charge in [0, 0.05) is 18.2 Å². The van der Waals surface area contributed by atoms with Crippen LogP contribution in [0.2, 0.25) is 0 Å². The predicted octanol–water partition coefficient (Wildman–Crippen LogP) is 2.23. The smallest absolute Gasteiger partial charge is 0.290 e. The lowest BCUT2D eigenvalue weighted by Gasteiger charge is -2.17. The third-order valence-corrected chi connectivity index (χ3v) is 2.82. The number of aromatic nitrogens is 1. The third kappa shape index (κ3) is 3.96. The van der Waals surface area contributed by atoms with Gasteiger partial charge in [-0.05, 0) is 19.4 Å². The number of anilines is 1. The molecule has 1 heterocycles. The van der Waals surface area contributed by atoms with E-state index in [2.05, 4.69) is 17.2 Å². The van der Waals surface area contributed by atoms with E-state index in [1.165, 1.54) is 6.20 Å². The third-order valence-electron chi connectivity index (χ3n) is 2.82. The molecule has 0 fully saturated rings. The Kier molecular flexibility index (Phi) is 5.51. The number of aryl methyl sites for hydroxylation is 1. The molecule has 1 unspecified atom stereocenters. The van der Waals surface area contributed by atoms with Crippen LogP contribution in [0, 0.1) is 17.0 Å². The van der Waals surface area contributed by atoms with E-state index in [4.69, 9.17) is 5.73 Å². The number of nitrogens with two attached hydrogens (primary N) is 1. The van der Waals surface area contributed by atoms with Gasteiger partial charge in [-0.3, -0.25) is 10.1 Å². The van der Waals surface area contributed by atoms with Crippen LogP contribution in [-0.4, -0.2) is 22.5 Å². The second kappa shape index (κ2) is 6.90. The van der Waals surface area contributed by atoms with Gasteiger partial charge in [0.05, 0.1) is 4.92 Å². The Balaban J connectivity index is 2.72. The van der Waals surface area contributed by atoms with Gasteiger partial charge in [-0.1, -0.05) is 19.8 Å². The molecule has 1 aromatic rings. The lowest BCUT2D eigenvalue weighted by Crippen LogP contribution is -2.29. The van der Waals surface area contributed by atoms with E-state index in [9.17, 15) is 10.1 Å². The molecule has 0 aromatic carbocycles. The van der Waals surface area contributed by atoms with Crippen molar-refractivity contribution in [1.29, 1.82) is 0 Å². The summed E-state index contributed by atoms with van der Waals surface area (Å²) in [6.07, 6.45) is 4.47. The van der Waals surface area contributed by atoms with E-state index in [1.807, 2.05) is 0 Å². The Morgan fingerprint density at radius 2 is 2.33 bits per heavy atom. The fourth-order valence-electron chi connectivity index (χ4n) is 1.73. The molecule has 0 aliphatic carbocycles. The fourth-order valence-corrected chi connectivity index (χ4v) is 1.73. The van der Waals surface area contributed by atoms with Crippen LogP contribution in [0.15, 0.2) is 12.3 Å². The minimum absolute atomic E-state index is 0.0402. The molecule has 6 nitrogen and oxygen atoms in total. The van der Waals surface area contributed by atoms with Crippen molar-refractivity contribution in [3.63, 3.8) is 0 Å². The minimum Gasteiger partial charge on any atom is -0.366 e. The lowest BCUT2D eigenvalue weighted by molar-refractivity contribution is -0.385. The van der Waals surface area contributed by atoms with Gasteiger partial charge in [-0.2, -0.15) is 0 Å². The summed E-state index contributed by atoms with van der Waals surface area (Å²) in [6.45, 7) is 4.36. The minimum atomic E-state index is -0.427. The van der Waals surface area contributed by atoms with Crippen molar-refractivity contribution in [2.45, 2.75) is 39.2 Å². The van der Waals surface area contributed by atoms with Gasteiger partial charge in [0.1, 0.15) is 12.0 Å². The van der Waals surface area contributed by atoms with Crippen LogP contribution < -0.4 is 11.1 Å². The zero-order chi connectivity index (χ0) is 13.5. The Hall–Kier alpha value is -1.69. The maximum atomic E-state index is 10.7. The summed E-state index contributed by atoms with van der Waals surface area (Å²) in [5, 5.41) is 13.9. The molecule has 1 atom stereocenters. The van der Waals surface area contributed by atoms with E-state index in [1.54, 1.807) is 13.0 Å². The first-order valence-corrected chi connectivity index (χ1v) is 6.16. The van der Waals surface area contributed by atoms with Gasteiger partial charge in [0.2, 0.25) is 0 Å². The molecule has 0 spiro atoms. The number of nitrogens with one attached hydrogen (secondary N) is 1. The zero-order valence-electron chi connectivity index (χ0n) is 10.8. The first-order chi connectivity index (χ1) is 8.58.